The number of hydrogen-bond acceptors (Lipinski definition) is 4. The minimum Gasteiger partial charge on any atom is -0.383 e. The number of nitrogens with zero attached hydrogens (tertiary/aromatic N) is 2. The van der Waals surface area contributed by atoms with Crippen LogP contribution < -0.4 is 11.1 Å². The van der Waals surface area contributed by atoms with Crippen LogP contribution in [0.4, 0.5) is 11.6 Å². The molecule has 16 heavy (non-hydrogen) atoms. The summed E-state index contributed by atoms with van der Waals surface area (Å²) >= 11 is 3.40. The van der Waals surface area contributed by atoms with E-state index in [4.69, 9.17) is 5.73 Å². The number of nitrogen functional groups attached to an aromatic ring is 1. The Morgan fingerprint density at radius 1 is 1.50 bits per heavy atom. The number of hydrogen-bond donors (Lipinski definition) is 2. The zero-order chi connectivity index (χ0) is 11.8. The Kier molecular flexibility index (Phi) is 3.06. The van der Waals surface area contributed by atoms with Crippen LogP contribution in [0.15, 0.2) is 10.8 Å². The van der Waals surface area contributed by atoms with E-state index in [0.717, 1.165) is 10.3 Å². The lowest BCUT2D eigenvalue weighted by Crippen LogP contribution is -2.19. The SMILES string of the molecule is CC1(C)CCC(Nc2ncnc(N)c2Br)C1. The molecule has 0 saturated heterocycles. The van der Waals surface area contributed by atoms with Crippen molar-refractivity contribution < 1.29 is 0 Å². The Hall–Kier alpha value is -0.840. The van der Waals surface area contributed by atoms with Gasteiger partial charge >= 0.3 is 0 Å². The molecule has 4 nitrogen and oxygen atoms in total. The summed E-state index contributed by atoms with van der Waals surface area (Å²) < 4.78 is 0.764. The second kappa shape index (κ2) is 4.20. The summed E-state index contributed by atoms with van der Waals surface area (Å²) in [6.45, 7) is 4.61. The summed E-state index contributed by atoms with van der Waals surface area (Å²) in [6, 6.07) is 0.487. The molecule has 1 heterocycles. The first-order valence-electron chi connectivity index (χ1n) is 5.50. The fourth-order valence-electron chi connectivity index (χ4n) is 2.24. The van der Waals surface area contributed by atoms with Crippen molar-refractivity contribution in [3.05, 3.63) is 10.8 Å². The van der Waals surface area contributed by atoms with E-state index in [0.29, 0.717) is 17.3 Å². The lowest BCUT2D eigenvalue weighted by molar-refractivity contribution is 0.378. The normalized spacial score (nSPS) is 23.3. The van der Waals surface area contributed by atoms with Crippen LogP contribution in [-0.4, -0.2) is 16.0 Å². The van der Waals surface area contributed by atoms with E-state index in [9.17, 15) is 0 Å². The highest BCUT2D eigenvalue weighted by Crippen LogP contribution is 2.38. The van der Waals surface area contributed by atoms with Crippen LogP contribution in [-0.2, 0) is 0 Å². The summed E-state index contributed by atoms with van der Waals surface area (Å²) in [6.07, 6.45) is 5.10. The van der Waals surface area contributed by atoms with Crippen LogP contribution >= 0.6 is 15.9 Å². The second-order valence-corrected chi connectivity index (χ2v) is 5.96. The molecule has 3 N–H and O–H groups in total. The molecule has 1 fully saturated rings. The lowest BCUT2D eigenvalue weighted by Gasteiger charge is -2.18. The van der Waals surface area contributed by atoms with Crippen LogP contribution in [0, 0.1) is 5.41 Å². The largest absolute Gasteiger partial charge is 0.383 e. The van der Waals surface area contributed by atoms with E-state index in [-0.39, 0.29) is 0 Å². The minimum atomic E-state index is 0.433. The maximum absolute atomic E-state index is 5.71. The summed E-state index contributed by atoms with van der Waals surface area (Å²) in [5.74, 6) is 1.28. The quantitative estimate of drug-likeness (QED) is 0.877. The highest BCUT2D eigenvalue weighted by molar-refractivity contribution is 9.10. The van der Waals surface area contributed by atoms with Crippen molar-refractivity contribution in [1.82, 2.24) is 9.97 Å². The van der Waals surface area contributed by atoms with Crippen molar-refractivity contribution >= 4 is 27.6 Å². The monoisotopic (exact) mass is 284 g/mol. The molecule has 5 heteroatoms. The molecule has 0 bridgehead atoms. The molecule has 0 aliphatic heterocycles. The van der Waals surface area contributed by atoms with Gasteiger partial charge in [-0.2, -0.15) is 0 Å². The van der Waals surface area contributed by atoms with Crippen molar-refractivity contribution in [2.24, 2.45) is 5.41 Å². The van der Waals surface area contributed by atoms with Gasteiger partial charge in [0.2, 0.25) is 0 Å². The first-order valence-corrected chi connectivity index (χ1v) is 6.30. The van der Waals surface area contributed by atoms with Gasteiger partial charge in [-0.3, -0.25) is 0 Å². The van der Waals surface area contributed by atoms with Gasteiger partial charge in [0.1, 0.15) is 22.4 Å². The van der Waals surface area contributed by atoms with Gasteiger partial charge in [-0.1, -0.05) is 13.8 Å². The van der Waals surface area contributed by atoms with Crippen molar-refractivity contribution in [2.75, 3.05) is 11.1 Å². The van der Waals surface area contributed by atoms with Crippen molar-refractivity contribution in [3.63, 3.8) is 0 Å². The first kappa shape index (κ1) is 11.6. The number of halogens is 1. The van der Waals surface area contributed by atoms with Gasteiger partial charge in [-0.15, -0.1) is 0 Å². The number of rotatable bonds is 2. The van der Waals surface area contributed by atoms with E-state index in [1.807, 2.05) is 0 Å². The molecule has 0 amide bonds. The van der Waals surface area contributed by atoms with Gasteiger partial charge < -0.3 is 11.1 Å². The third kappa shape index (κ3) is 2.45. The zero-order valence-electron chi connectivity index (χ0n) is 9.63. The number of nitrogens with two attached hydrogens (primary N) is 1. The third-order valence-electron chi connectivity index (χ3n) is 3.13. The molecule has 1 aromatic rings. The first-order chi connectivity index (χ1) is 7.48. The lowest BCUT2D eigenvalue weighted by atomic mass is 9.92. The van der Waals surface area contributed by atoms with Crippen molar-refractivity contribution in [1.29, 1.82) is 0 Å². The summed E-state index contributed by atoms with van der Waals surface area (Å²) in [7, 11) is 0. The standard InChI is InChI=1S/C11H17BrN4/c1-11(2)4-3-7(5-11)16-10-8(12)9(13)14-6-15-10/h6-7H,3-5H2,1-2H3,(H3,13,14,15,16). The van der Waals surface area contributed by atoms with E-state index >= 15 is 0 Å². The number of aromatic nitrogens is 2. The van der Waals surface area contributed by atoms with Crippen molar-refractivity contribution in [3.8, 4) is 0 Å². The minimum absolute atomic E-state index is 0.433. The van der Waals surface area contributed by atoms with Gasteiger partial charge in [0.15, 0.2) is 0 Å². The second-order valence-electron chi connectivity index (χ2n) is 5.17. The fraction of sp³-hybridized carbons (Fsp3) is 0.636. The van der Waals surface area contributed by atoms with Gasteiger partial charge in [0.25, 0.3) is 0 Å². The number of nitrogens with one attached hydrogen (secondary N) is 1. The van der Waals surface area contributed by atoms with Crippen LogP contribution in [0.1, 0.15) is 33.1 Å². The van der Waals surface area contributed by atoms with E-state index < -0.39 is 0 Å². The van der Waals surface area contributed by atoms with Crippen LogP contribution in [0.5, 0.6) is 0 Å². The van der Waals surface area contributed by atoms with Gasteiger partial charge in [-0.25, -0.2) is 9.97 Å². The van der Waals surface area contributed by atoms with Crippen LogP contribution in [0.25, 0.3) is 0 Å². The molecule has 2 rings (SSSR count). The molecule has 1 unspecified atom stereocenters. The van der Waals surface area contributed by atoms with E-state index in [1.165, 1.54) is 25.6 Å². The van der Waals surface area contributed by atoms with Gasteiger partial charge in [-0.05, 0) is 40.6 Å². The Balaban J connectivity index is 2.08. The fourth-order valence-corrected chi connectivity index (χ4v) is 2.56. The number of anilines is 2. The summed E-state index contributed by atoms with van der Waals surface area (Å²) in [4.78, 5) is 8.12. The van der Waals surface area contributed by atoms with Gasteiger partial charge in [0, 0.05) is 6.04 Å². The molecule has 1 aliphatic rings. The highest BCUT2D eigenvalue weighted by Gasteiger charge is 2.31. The zero-order valence-corrected chi connectivity index (χ0v) is 11.2. The molecule has 88 valence electrons. The molecule has 1 aliphatic carbocycles. The summed E-state index contributed by atoms with van der Waals surface area (Å²) in [5.41, 5.74) is 6.14. The molecule has 1 aromatic heterocycles. The van der Waals surface area contributed by atoms with E-state index in [1.54, 1.807) is 0 Å². The predicted octanol–water partition coefficient (Wildman–Crippen LogP) is 2.81. The maximum Gasteiger partial charge on any atom is 0.146 e. The predicted molar refractivity (Wildman–Crippen MR) is 69.2 cm³/mol. The molecular formula is C11H17BrN4. The highest BCUT2D eigenvalue weighted by atomic mass is 79.9. The third-order valence-corrected chi connectivity index (χ3v) is 3.91. The molecule has 1 atom stereocenters. The molecular weight excluding hydrogens is 268 g/mol. The van der Waals surface area contributed by atoms with Gasteiger partial charge in [0.05, 0.1) is 0 Å². The Bertz CT molecular complexity index is 392. The Labute approximate surface area is 104 Å². The molecule has 0 radical (unpaired) electrons. The smallest absolute Gasteiger partial charge is 0.146 e. The molecule has 0 aromatic carbocycles. The Morgan fingerprint density at radius 3 is 2.88 bits per heavy atom. The van der Waals surface area contributed by atoms with Crippen molar-refractivity contribution in [2.45, 2.75) is 39.2 Å². The topological polar surface area (TPSA) is 63.8 Å². The maximum atomic E-state index is 5.71. The molecule has 0 spiro atoms. The average Bonchev–Trinajstić information content (AvgIpc) is 2.53. The molecule has 1 saturated carbocycles. The Morgan fingerprint density at radius 2 is 2.25 bits per heavy atom. The van der Waals surface area contributed by atoms with Crippen LogP contribution in [0.2, 0.25) is 0 Å². The van der Waals surface area contributed by atoms with Crippen LogP contribution in [0.3, 0.4) is 0 Å². The average molecular weight is 285 g/mol. The summed E-state index contributed by atoms with van der Waals surface area (Å²) in [5, 5.41) is 3.43. The van der Waals surface area contributed by atoms with E-state index in [2.05, 4.69) is 45.1 Å².